The molecule has 1 N–H and O–H groups in total. The molecule has 8 nitrogen and oxygen atoms in total. The van der Waals surface area contributed by atoms with Gasteiger partial charge >= 0.3 is 0 Å². The lowest BCUT2D eigenvalue weighted by molar-refractivity contribution is 0.457. The van der Waals surface area contributed by atoms with Crippen LogP contribution in [0.4, 0.5) is 5.82 Å². The zero-order valence-corrected chi connectivity index (χ0v) is 18.8. The Bertz CT molecular complexity index is 1140. The van der Waals surface area contributed by atoms with Crippen LogP contribution in [0.1, 0.15) is 26.2 Å². The predicted molar refractivity (Wildman–Crippen MR) is 119 cm³/mol. The van der Waals surface area contributed by atoms with Crippen molar-refractivity contribution in [2.45, 2.75) is 32.2 Å². The fourth-order valence-electron chi connectivity index (χ4n) is 3.62. The van der Waals surface area contributed by atoms with E-state index in [0.717, 1.165) is 24.2 Å². The number of nitrogens with one attached hydrogen (secondary N) is 1. The van der Waals surface area contributed by atoms with Gasteiger partial charge in [0, 0.05) is 34.7 Å². The van der Waals surface area contributed by atoms with E-state index in [0.29, 0.717) is 41.0 Å². The summed E-state index contributed by atoms with van der Waals surface area (Å²) in [5.41, 5.74) is 1.35. The molecule has 0 atom stereocenters. The van der Waals surface area contributed by atoms with E-state index in [1.165, 1.54) is 0 Å². The smallest absolute Gasteiger partial charge is 0.211 e. The van der Waals surface area contributed by atoms with Crippen LogP contribution < -0.4 is 9.62 Å². The fraction of sp³-hybridized carbons (Fsp3) is 0.421. The first-order valence-corrected chi connectivity index (χ1v) is 12.2. The van der Waals surface area contributed by atoms with E-state index >= 15 is 0 Å². The minimum atomic E-state index is -3.20. The van der Waals surface area contributed by atoms with Crippen molar-refractivity contribution in [3.63, 3.8) is 0 Å². The van der Waals surface area contributed by atoms with Gasteiger partial charge in [0.25, 0.3) is 0 Å². The van der Waals surface area contributed by atoms with Gasteiger partial charge in [-0.25, -0.2) is 13.1 Å². The summed E-state index contributed by atoms with van der Waals surface area (Å²) in [4.78, 5) is 2.14. The van der Waals surface area contributed by atoms with Crippen LogP contribution in [0.15, 0.2) is 30.3 Å². The molecule has 1 aliphatic heterocycles. The molecule has 1 fully saturated rings. The van der Waals surface area contributed by atoms with Crippen molar-refractivity contribution in [2.24, 2.45) is 0 Å². The molecule has 1 aromatic carbocycles. The molecular weight excluding hydrogens is 447 g/mol. The number of anilines is 1. The zero-order chi connectivity index (χ0) is 21.3. The molecule has 11 heteroatoms. The SMILES string of the molecule is CCCS(=O)(=O)NC1CCN(c2ccc3nnc(-c4cc(Cl)cc(Cl)c4)n3n2)CC1. The molecule has 0 saturated carbocycles. The summed E-state index contributed by atoms with van der Waals surface area (Å²) in [6.45, 7) is 3.27. The van der Waals surface area contributed by atoms with Crippen LogP contribution in [0.2, 0.25) is 10.0 Å². The molecule has 160 valence electrons. The van der Waals surface area contributed by atoms with Crippen LogP contribution in [-0.4, -0.2) is 53.1 Å². The Morgan fingerprint density at radius 2 is 1.80 bits per heavy atom. The van der Waals surface area contributed by atoms with Crippen molar-refractivity contribution in [3.8, 4) is 11.4 Å². The third-order valence-corrected chi connectivity index (χ3v) is 7.08. The molecule has 0 aliphatic carbocycles. The minimum Gasteiger partial charge on any atom is -0.355 e. The van der Waals surface area contributed by atoms with Gasteiger partial charge in [0.15, 0.2) is 11.5 Å². The quantitative estimate of drug-likeness (QED) is 0.595. The van der Waals surface area contributed by atoms with Crippen molar-refractivity contribution in [2.75, 3.05) is 23.7 Å². The molecular formula is C19H22Cl2N6O2S. The zero-order valence-electron chi connectivity index (χ0n) is 16.4. The van der Waals surface area contributed by atoms with Gasteiger partial charge in [-0.3, -0.25) is 0 Å². The Morgan fingerprint density at radius 3 is 2.47 bits per heavy atom. The summed E-state index contributed by atoms with van der Waals surface area (Å²) in [5, 5.41) is 14.2. The average Bonchev–Trinajstić information content (AvgIpc) is 3.10. The Morgan fingerprint density at radius 1 is 1.10 bits per heavy atom. The van der Waals surface area contributed by atoms with E-state index in [1.807, 2.05) is 19.1 Å². The monoisotopic (exact) mass is 468 g/mol. The number of halogens is 2. The van der Waals surface area contributed by atoms with Crippen molar-refractivity contribution < 1.29 is 8.42 Å². The summed E-state index contributed by atoms with van der Waals surface area (Å²) < 4.78 is 28.5. The maximum Gasteiger partial charge on any atom is 0.211 e. The lowest BCUT2D eigenvalue weighted by atomic mass is 10.1. The molecule has 0 radical (unpaired) electrons. The molecule has 0 spiro atoms. The molecule has 4 rings (SSSR count). The van der Waals surface area contributed by atoms with Crippen molar-refractivity contribution in [3.05, 3.63) is 40.4 Å². The van der Waals surface area contributed by atoms with Crippen LogP contribution >= 0.6 is 23.2 Å². The molecule has 0 unspecified atom stereocenters. The highest BCUT2D eigenvalue weighted by Gasteiger charge is 2.24. The minimum absolute atomic E-state index is 0.0411. The van der Waals surface area contributed by atoms with Gasteiger partial charge in [-0.2, -0.15) is 4.52 Å². The number of sulfonamides is 1. The van der Waals surface area contributed by atoms with Crippen molar-refractivity contribution in [1.82, 2.24) is 24.5 Å². The van der Waals surface area contributed by atoms with Crippen LogP contribution in [-0.2, 0) is 10.0 Å². The largest absolute Gasteiger partial charge is 0.355 e. The average molecular weight is 469 g/mol. The van der Waals surface area contributed by atoms with Crippen LogP contribution in [0, 0.1) is 0 Å². The van der Waals surface area contributed by atoms with E-state index in [9.17, 15) is 8.42 Å². The van der Waals surface area contributed by atoms with Crippen LogP contribution in [0.3, 0.4) is 0 Å². The Balaban J connectivity index is 1.53. The van der Waals surface area contributed by atoms with Gasteiger partial charge in [0.2, 0.25) is 10.0 Å². The Labute approximate surface area is 185 Å². The van der Waals surface area contributed by atoms with Gasteiger partial charge in [-0.05, 0) is 49.6 Å². The summed E-state index contributed by atoms with van der Waals surface area (Å²) in [7, 11) is -3.20. The van der Waals surface area contributed by atoms with E-state index in [1.54, 1.807) is 22.7 Å². The topological polar surface area (TPSA) is 92.5 Å². The number of nitrogens with zero attached hydrogens (tertiary/aromatic N) is 5. The van der Waals surface area contributed by atoms with Gasteiger partial charge < -0.3 is 4.90 Å². The number of benzene rings is 1. The molecule has 3 aromatic rings. The fourth-order valence-corrected chi connectivity index (χ4v) is 5.54. The first-order chi connectivity index (χ1) is 14.3. The maximum atomic E-state index is 12.0. The first kappa shape index (κ1) is 21.3. The summed E-state index contributed by atoms with van der Waals surface area (Å²) in [6.07, 6.45) is 2.06. The van der Waals surface area contributed by atoms with Crippen molar-refractivity contribution >= 4 is 44.7 Å². The summed E-state index contributed by atoms with van der Waals surface area (Å²) >= 11 is 12.3. The molecule has 3 heterocycles. The molecule has 30 heavy (non-hydrogen) atoms. The molecule has 2 aromatic heterocycles. The number of hydrogen-bond donors (Lipinski definition) is 1. The standard InChI is InChI=1S/C19H22Cl2N6O2S/c1-2-9-30(28,29)25-16-5-7-26(8-6-16)18-4-3-17-22-23-19(27(17)24-18)13-10-14(20)12-15(21)11-13/h3-4,10-12,16,25H,2,5-9H2,1H3. The number of rotatable bonds is 6. The van der Waals surface area contributed by atoms with E-state index < -0.39 is 10.0 Å². The number of aromatic nitrogens is 4. The van der Waals surface area contributed by atoms with E-state index in [2.05, 4.69) is 19.8 Å². The van der Waals surface area contributed by atoms with Gasteiger partial charge in [-0.1, -0.05) is 30.1 Å². The Kier molecular flexibility index (Phi) is 6.15. The molecule has 1 saturated heterocycles. The number of hydrogen-bond acceptors (Lipinski definition) is 6. The van der Waals surface area contributed by atoms with E-state index in [-0.39, 0.29) is 11.8 Å². The molecule has 0 amide bonds. The summed E-state index contributed by atoms with van der Waals surface area (Å²) in [6, 6.07) is 8.92. The lowest BCUT2D eigenvalue weighted by Gasteiger charge is -2.32. The highest BCUT2D eigenvalue weighted by Crippen LogP contribution is 2.27. The second-order valence-electron chi connectivity index (χ2n) is 7.34. The second kappa shape index (κ2) is 8.66. The summed E-state index contributed by atoms with van der Waals surface area (Å²) in [5.74, 6) is 1.50. The van der Waals surface area contributed by atoms with E-state index in [4.69, 9.17) is 28.3 Å². The highest BCUT2D eigenvalue weighted by molar-refractivity contribution is 7.89. The molecule has 1 aliphatic rings. The lowest BCUT2D eigenvalue weighted by Crippen LogP contribution is -2.45. The number of fused-ring (bicyclic) bond motifs is 1. The van der Waals surface area contributed by atoms with Crippen LogP contribution in [0.5, 0.6) is 0 Å². The third-order valence-electron chi connectivity index (χ3n) is 5.01. The Hall–Kier alpha value is -1.94. The third kappa shape index (κ3) is 4.69. The highest BCUT2D eigenvalue weighted by atomic mass is 35.5. The van der Waals surface area contributed by atoms with Gasteiger partial charge in [0.05, 0.1) is 5.75 Å². The van der Waals surface area contributed by atoms with Crippen LogP contribution in [0.25, 0.3) is 17.0 Å². The predicted octanol–water partition coefficient (Wildman–Crippen LogP) is 3.40. The first-order valence-electron chi connectivity index (χ1n) is 9.78. The molecule has 0 bridgehead atoms. The number of piperidine rings is 1. The van der Waals surface area contributed by atoms with Gasteiger partial charge in [0.1, 0.15) is 5.82 Å². The second-order valence-corrected chi connectivity index (χ2v) is 10.1. The van der Waals surface area contributed by atoms with Crippen molar-refractivity contribution in [1.29, 1.82) is 0 Å². The maximum absolute atomic E-state index is 12.0. The normalized spacial score (nSPS) is 15.8. The van der Waals surface area contributed by atoms with Gasteiger partial charge in [-0.15, -0.1) is 15.3 Å².